The second kappa shape index (κ2) is 14.9. The van der Waals surface area contributed by atoms with Crippen molar-refractivity contribution in [3.8, 4) is 33.6 Å². The number of rotatable bonds is 12. The molecule has 0 saturated carbocycles. The molecule has 1 atom stereocenters. The number of carbonyl (C=O) groups excluding carboxylic acids is 2. The first-order valence-electron chi connectivity index (χ1n) is 16.4. The van der Waals surface area contributed by atoms with Crippen molar-refractivity contribution in [2.45, 2.75) is 45.6 Å². The molecule has 0 radical (unpaired) electrons. The van der Waals surface area contributed by atoms with Gasteiger partial charge in [0.2, 0.25) is 5.91 Å². The molecule has 0 aliphatic carbocycles. The van der Waals surface area contributed by atoms with Gasteiger partial charge in [-0.15, -0.1) is 11.3 Å². The highest BCUT2D eigenvalue weighted by molar-refractivity contribution is 7.14. The van der Waals surface area contributed by atoms with Crippen LogP contribution >= 0.6 is 11.3 Å². The first-order valence-corrected chi connectivity index (χ1v) is 17.3. The molecule has 49 heavy (non-hydrogen) atoms. The second-order valence-electron chi connectivity index (χ2n) is 12.3. The Morgan fingerprint density at radius 2 is 1.53 bits per heavy atom. The Labute approximate surface area is 288 Å². The number of likely N-dealkylation sites (tertiary alicyclic amines) is 1. The molecule has 3 heterocycles. The van der Waals surface area contributed by atoms with Crippen molar-refractivity contribution < 1.29 is 23.9 Å². The maximum absolute atomic E-state index is 15.2. The Hall–Kier alpha value is -5.22. The summed E-state index contributed by atoms with van der Waals surface area (Å²) in [6.07, 6.45) is 6.33. The first kappa shape index (κ1) is 33.7. The monoisotopic (exact) mass is 676 g/mol. The lowest BCUT2D eigenvalue weighted by molar-refractivity contribution is -0.153. The molecule has 0 unspecified atom stereocenters. The van der Waals surface area contributed by atoms with Gasteiger partial charge in [0.1, 0.15) is 11.9 Å². The van der Waals surface area contributed by atoms with E-state index in [1.807, 2.05) is 55.5 Å². The summed E-state index contributed by atoms with van der Waals surface area (Å²) in [5, 5.41) is 12.1. The van der Waals surface area contributed by atoms with Crippen molar-refractivity contribution in [3.05, 3.63) is 118 Å². The first-order chi connectivity index (χ1) is 23.7. The summed E-state index contributed by atoms with van der Waals surface area (Å²) in [7, 11) is 0. The van der Waals surface area contributed by atoms with Gasteiger partial charge in [0.25, 0.3) is 5.91 Å². The second-order valence-corrected chi connectivity index (χ2v) is 13.4. The van der Waals surface area contributed by atoms with Gasteiger partial charge in [0.05, 0.1) is 10.8 Å². The maximum Gasteiger partial charge on any atom is 0.310 e. The number of nitrogens with zero attached hydrogens (tertiary/aromatic N) is 3. The van der Waals surface area contributed by atoms with E-state index in [-0.39, 0.29) is 37.1 Å². The van der Waals surface area contributed by atoms with Gasteiger partial charge >= 0.3 is 5.97 Å². The fourth-order valence-corrected chi connectivity index (χ4v) is 6.73. The number of aliphatic carboxylic acids is 1. The van der Waals surface area contributed by atoms with Crippen LogP contribution in [0.2, 0.25) is 0 Å². The van der Waals surface area contributed by atoms with Crippen LogP contribution in [0.4, 0.5) is 4.39 Å². The van der Waals surface area contributed by atoms with Gasteiger partial charge in [-0.3, -0.25) is 14.4 Å². The number of benzene rings is 3. The van der Waals surface area contributed by atoms with E-state index in [1.54, 1.807) is 24.5 Å². The van der Waals surface area contributed by atoms with E-state index in [2.05, 4.69) is 34.3 Å². The minimum atomic E-state index is -0.937. The van der Waals surface area contributed by atoms with Crippen LogP contribution in [0, 0.1) is 11.7 Å². The summed E-state index contributed by atoms with van der Waals surface area (Å²) in [6, 6.07) is 23.6. The van der Waals surface area contributed by atoms with Crippen LogP contribution in [0.3, 0.4) is 0 Å². The molecule has 0 bridgehead atoms. The lowest BCUT2D eigenvalue weighted by Crippen LogP contribution is -2.59. The number of nitrogens with one attached hydrogen (secondary N) is 1. The molecule has 1 aliphatic heterocycles. The number of hydrogen-bond acceptors (Lipinski definition) is 6. The van der Waals surface area contributed by atoms with Crippen molar-refractivity contribution in [1.29, 1.82) is 0 Å². The molecule has 2 N–H and O–H groups in total. The number of carboxylic acids is 1. The number of thiophene rings is 1. The van der Waals surface area contributed by atoms with E-state index in [4.69, 9.17) is 0 Å². The Balaban J connectivity index is 1.14. The third-order valence-electron chi connectivity index (χ3n) is 8.79. The lowest BCUT2D eigenvalue weighted by Gasteiger charge is -2.38. The van der Waals surface area contributed by atoms with Gasteiger partial charge in [-0.05, 0) is 53.3 Å². The number of halogens is 1. The fourth-order valence-electron chi connectivity index (χ4n) is 5.88. The molecule has 5 aromatic rings. The summed E-state index contributed by atoms with van der Waals surface area (Å²) >= 11 is 1.39. The van der Waals surface area contributed by atoms with E-state index in [0.29, 0.717) is 21.8 Å². The molecule has 1 aliphatic rings. The van der Waals surface area contributed by atoms with Gasteiger partial charge in [-0.1, -0.05) is 80.9 Å². The molecule has 0 spiro atoms. The molecule has 6 rings (SSSR count). The van der Waals surface area contributed by atoms with Crippen LogP contribution in [0.15, 0.2) is 91.3 Å². The van der Waals surface area contributed by atoms with E-state index < -0.39 is 17.9 Å². The minimum Gasteiger partial charge on any atom is -0.481 e. The molecule has 8 nitrogen and oxygen atoms in total. The molecule has 3 aromatic carbocycles. The van der Waals surface area contributed by atoms with E-state index in [9.17, 15) is 19.5 Å². The zero-order chi connectivity index (χ0) is 34.5. The van der Waals surface area contributed by atoms with Gasteiger partial charge in [0.15, 0.2) is 5.82 Å². The quantitative estimate of drug-likeness (QED) is 0.146. The topological polar surface area (TPSA) is 112 Å². The third-order valence-corrected chi connectivity index (χ3v) is 10.0. The standard InChI is InChI=1S/C39H37FN4O4S/c1-3-5-24-6-10-26(11-7-24)28-14-16-32(33(40)19-28)29-20-41-36(42-21-29)27-12-8-25(9-13-27)18-34(38(46)44-22-30(23-44)39(47)48)43-37(45)35-17-15-31(4-2)49-35/h6-17,19-21,30,34H,3-5,18,22-23H2,1-2H3,(H,43,45)(H,47,48)/t34-/m0/s1. The van der Waals surface area contributed by atoms with Gasteiger partial charge in [-0.2, -0.15) is 0 Å². The molecule has 10 heteroatoms. The fraction of sp³-hybridized carbons (Fsp3) is 0.256. The molecule has 2 aromatic heterocycles. The minimum absolute atomic E-state index is 0.118. The van der Waals surface area contributed by atoms with Crippen molar-refractivity contribution >= 4 is 29.1 Å². The van der Waals surface area contributed by atoms with Crippen LogP contribution in [-0.2, 0) is 28.9 Å². The summed E-state index contributed by atoms with van der Waals surface area (Å²) in [5.74, 6) is -2.08. The van der Waals surface area contributed by atoms with E-state index in [1.165, 1.54) is 27.9 Å². The third kappa shape index (κ3) is 7.76. The van der Waals surface area contributed by atoms with Crippen LogP contribution in [-0.4, -0.2) is 56.9 Å². The average molecular weight is 677 g/mol. The lowest BCUT2D eigenvalue weighted by atomic mass is 9.97. The largest absolute Gasteiger partial charge is 0.481 e. The van der Waals surface area contributed by atoms with Crippen LogP contribution in [0.25, 0.3) is 33.6 Å². The number of carboxylic acid groups (broad SMARTS) is 1. The number of carbonyl (C=O) groups is 3. The predicted octanol–water partition coefficient (Wildman–Crippen LogP) is 7.08. The van der Waals surface area contributed by atoms with Crippen molar-refractivity contribution in [2.75, 3.05) is 13.1 Å². The summed E-state index contributed by atoms with van der Waals surface area (Å²) < 4.78 is 15.2. The molecule has 1 fully saturated rings. The number of aryl methyl sites for hydroxylation is 2. The predicted molar refractivity (Wildman–Crippen MR) is 189 cm³/mol. The summed E-state index contributed by atoms with van der Waals surface area (Å²) in [6.45, 7) is 4.39. The van der Waals surface area contributed by atoms with Crippen LogP contribution in [0.1, 0.15) is 45.9 Å². The number of hydrogen-bond donors (Lipinski definition) is 2. The van der Waals surface area contributed by atoms with Crippen molar-refractivity contribution in [3.63, 3.8) is 0 Å². The van der Waals surface area contributed by atoms with Gasteiger partial charge in [0, 0.05) is 53.5 Å². The molecular formula is C39H37FN4O4S. The zero-order valence-corrected chi connectivity index (χ0v) is 28.2. The maximum atomic E-state index is 15.2. The summed E-state index contributed by atoms with van der Waals surface area (Å²) in [4.78, 5) is 49.8. The van der Waals surface area contributed by atoms with Crippen LogP contribution in [0.5, 0.6) is 0 Å². The Morgan fingerprint density at radius 1 is 0.878 bits per heavy atom. The summed E-state index contributed by atoms with van der Waals surface area (Å²) in [5.41, 5.74) is 5.54. The van der Waals surface area contributed by atoms with E-state index >= 15 is 4.39 Å². The van der Waals surface area contributed by atoms with Gasteiger partial charge in [-0.25, -0.2) is 14.4 Å². The Bertz CT molecular complexity index is 1950. The highest BCUT2D eigenvalue weighted by Gasteiger charge is 2.39. The SMILES string of the molecule is CCCc1ccc(-c2ccc(-c3cnc(-c4ccc(C[C@H](NC(=O)c5ccc(CC)s5)C(=O)N5CC(C(=O)O)C5)cc4)nc3)c(F)c2)cc1. The Kier molecular flexibility index (Phi) is 10.2. The molecule has 1 saturated heterocycles. The smallest absolute Gasteiger partial charge is 0.310 e. The molecule has 250 valence electrons. The molecular weight excluding hydrogens is 640 g/mol. The molecule has 2 amide bonds. The Morgan fingerprint density at radius 3 is 2.14 bits per heavy atom. The van der Waals surface area contributed by atoms with Gasteiger partial charge < -0.3 is 15.3 Å². The highest BCUT2D eigenvalue weighted by Crippen LogP contribution is 2.29. The number of aromatic nitrogens is 2. The highest BCUT2D eigenvalue weighted by atomic mass is 32.1. The van der Waals surface area contributed by atoms with E-state index in [0.717, 1.165) is 46.4 Å². The van der Waals surface area contributed by atoms with Crippen molar-refractivity contribution in [2.24, 2.45) is 5.92 Å². The number of amides is 2. The zero-order valence-electron chi connectivity index (χ0n) is 27.4. The van der Waals surface area contributed by atoms with Crippen molar-refractivity contribution in [1.82, 2.24) is 20.2 Å². The average Bonchev–Trinajstić information content (AvgIpc) is 3.58. The van der Waals surface area contributed by atoms with Crippen LogP contribution < -0.4 is 5.32 Å². The normalized spacial score (nSPS) is 13.5.